The standard InChI is InChI=1S/C15H22F3N3/c1-10-6-12(7-11(2)19)8-20-14(10)21-5-3-4-13(9-21)15(16,17)18/h6,8,11,13H,3-5,7,9,19H2,1-2H3. The van der Waals surface area contributed by atoms with Gasteiger partial charge < -0.3 is 10.6 Å². The first-order chi connectivity index (χ1) is 9.77. The largest absolute Gasteiger partial charge is 0.393 e. The molecule has 2 atom stereocenters. The third-order valence-electron chi connectivity index (χ3n) is 3.85. The molecule has 1 aromatic rings. The van der Waals surface area contributed by atoms with Crippen molar-refractivity contribution < 1.29 is 13.2 Å². The molecule has 1 aromatic heterocycles. The van der Waals surface area contributed by atoms with E-state index in [4.69, 9.17) is 5.73 Å². The highest BCUT2D eigenvalue weighted by Crippen LogP contribution is 2.35. The van der Waals surface area contributed by atoms with E-state index in [1.807, 2.05) is 19.9 Å². The number of alkyl halides is 3. The minimum atomic E-state index is -4.12. The van der Waals surface area contributed by atoms with E-state index in [0.717, 1.165) is 17.5 Å². The summed E-state index contributed by atoms with van der Waals surface area (Å²) in [4.78, 5) is 6.13. The van der Waals surface area contributed by atoms with Gasteiger partial charge >= 0.3 is 6.18 Å². The molecular formula is C15H22F3N3. The lowest BCUT2D eigenvalue weighted by Gasteiger charge is -2.35. The van der Waals surface area contributed by atoms with E-state index < -0.39 is 12.1 Å². The molecule has 21 heavy (non-hydrogen) atoms. The second-order valence-corrected chi connectivity index (χ2v) is 5.99. The maximum atomic E-state index is 12.9. The second kappa shape index (κ2) is 6.22. The number of halogens is 3. The third kappa shape index (κ3) is 4.09. The maximum absolute atomic E-state index is 12.9. The van der Waals surface area contributed by atoms with Crippen molar-refractivity contribution in [1.29, 1.82) is 0 Å². The van der Waals surface area contributed by atoms with Gasteiger partial charge in [0.2, 0.25) is 0 Å². The van der Waals surface area contributed by atoms with Crippen molar-refractivity contribution in [2.75, 3.05) is 18.0 Å². The van der Waals surface area contributed by atoms with Crippen LogP contribution in [0.3, 0.4) is 0 Å². The van der Waals surface area contributed by atoms with Crippen LogP contribution >= 0.6 is 0 Å². The SMILES string of the molecule is Cc1cc(CC(C)N)cnc1N1CCCC(C(F)(F)F)C1. The molecule has 3 nitrogen and oxygen atoms in total. The average molecular weight is 301 g/mol. The molecule has 0 aliphatic carbocycles. The van der Waals surface area contributed by atoms with Crippen molar-refractivity contribution in [2.24, 2.45) is 11.7 Å². The van der Waals surface area contributed by atoms with Crippen molar-refractivity contribution in [1.82, 2.24) is 4.98 Å². The lowest BCUT2D eigenvalue weighted by molar-refractivity contribution is -0.176. The molecule has 0 saturated carbocycles. The minimum Gasteiger partial charge on any atom is -0.356 e. The molecule has 2 rings (SSSR count). The number of piperidine rings is 1. The number of nitrogens with two attached hydrogens (primary N) is 1. The quantitative estimate of drug-likeness (QED) is 0.933. The zero-order valence-electron chi connectivity index (χ0n) is 12.5. The first-order valence-electron chi connectivity index (χ1n) is 7.30. The molecule has 2 N–H and O–H groups in total. The molecule has 2 heterocycles. The number of hydrogen-bond donors (Lipinski definition) is 1. The zero-order valence-corrected chi connectivity index (χ0v) is 12.5. The molecule has 0 radical (unpaired) electrons. The number of nitrogens with zero attached hydrogens (tertiary/aromatic N) is 2. The molecule has 1 fully saturated rings. The van der Waals surface area contributed by atoms with Gasteiger partial charge in [-0.15, -0.1) is 0 Å². The molecule has 0 bridgehead atoms. The van der Waals surface area contributed by atoms with Crippen molar-refractivity contribution in [3.63, 3.8) is 0 Å². The van der Waals surface area contributed by atoms with Crippen LogP contribution < -0.4 is 10.6 Å². The first-order valence-corrected chi connectivity index (χ1v) is 7.30. The van der Waals surface area contributed by atoms with Crippen LogP contribution in [0.4, 0.5) is 19.0 Å². The van der Waals surface area contributed by atoms with Gasteiger partial charge in [0.05, 0.1) is 5.92 Å². The van der Waals surface area contributed by atoms with Crippen LogP contribution in [-0.4, -0.2) is 30.3 Å². The number of aryl methyl sites for hydroxylation is 1. The fraction of sp³-hybridized carbons (Fsp3) is 0.667. The molecule has 1 aliphatic heterocycles. The summed E-state index contributed by atoms with van der Waals surface area (Å²) in [7, 11) is 0. The molecule has 0 aromatic carbocycles. The van der Waals surface area contributed by atoms with E-state index in [2.05, 4.69) is 4.98 Å². The molecule has 1 saturated heterocycles. The van der Waals surface area contributed by atoms with Crippen LogP contribution in [-0.2, 0) is 6.42 Å². The summed E-state index contributed by atoms with van der Waals surface area (Å²) < 4.78 is 38.6. The van der Waals surface area contributed by atoms with Gasteiger partial charge in [0.1, 0.15) is 5.82 Å². The lowest BCUT2D eigenvalue weighted by atomic mass is 9.97. The minimum absolute atomic E-state index is 0.00395. The molecule has 2 unspecified atom stereocenters. The van der Waals surface area contributed by atoms with Crippen molar-refractivity contribution in [2.45, 2.75) is 45.3 Å². The Morgan fingerprint density at radius 2 is 2.19 bits per heavy atom. The Balaban J connectivity index is 2.14. The van der Waals surface area contributed by atoms with Crippen LogP contribution in [0.2, 0.25) is 0 Å². The van der Waals surface area contributed by atoms with Crippen LogP contribution in [0, 0.1) is 12.8 Å². The molecule has 118 valence electrons. The van der Waals surface area contributed by atoms with E-state index in [-0.39, 0.29) is 19.0 Å². The third-order valence-corrected chi connectivity index (χ3v) is 3.85. The smallest absolute Gasteiger partial charge is 0.356 e. The number of hydrogen-bond acceptors (Lipinski definition) is 3. The monoisotopic (exact) mass is 301 g/mol. The highest BCUT2D eigenvalue weighted by molar-refractivity contribution is 5.48. The van der Waals surface area contributed by atoms with Crippen molar-refractivity contribution in [3.05, 3.63) is 23.4 Å². The predicted molar refractivity (Wildman–Crippen MR) is 77.3 cm³/mol. The summed E-state index contributed by atoms with van der Waals surface area (Å²) in [5.74, 6) is -0.589. The average Bonchev–Trinajstić information content (AvgIpc) is 2.37. The van der Waals surface area contributed by atoms with Gasteiger partial charge in [-0.1, -0.05) is 6.07 Å². The van der Waals surface area contributed by atoms with E-state index in [1.54, 1.807) is 11.1 Å². The number of anilines is 1. The Morgan fingerprint density at radius 1 is 1.48 bits per heavy atom. The Hall–Kier alpha value is -1.30. The summed E-state index contributed by atoms with van der Waals surface area (Å²) in [6.45, 7) is 4.45. The van der Waals surface area contributed by atoms with Gasteiger partial charge in [-0.2, -0.15) is 13.2 Å². The summed E-state index contributed by atoms with van der Waals surface area (Å²) in [5.41, 5.74) is 7.69. The Bertz CT molecular complexity index is 486. The van der Waals surface area contributed by atoms with Crippen LogP contribution in [0.15, 0.2) is 12.3 Å². The number of rotatable bonds is 3. The molecule has 1 aliphatic rings. The van der Waals surface area contributed by atoms with E-state index in [0.29, 0.717) is 18.8 Å². The summed E-state index contributed by atoms with van der Waals surface area (Å²) in [6, 6.07) is 2.02. The van der Waals surface area contributed by atoms with Crippen LogP contribution in [0.25, 0.3) is 0 Å². The highest BCUT2D eigenvalue weighted by Gasteiger charge is 2.42. The summed E-state index contributed by atoms with van der Waals surface area (Å²) in [5, 5.41) is 0. The molecular weight excluding hydrogens is 279 g/mol. The summed E-state index contributed by atoms with van der Waals surface area (Å²) in [6.07, 6.45) is -0.918. The maximum Gasteiger partial charge on any atom is 0.393 e. The van der Waals surface area contributed by atoms with E-state index in [9.17, 15) is 13.2 Å². The second-order valence-electron chi connectivity index (χ2n) is 5.99. The van der Waals surface area contributed by atoms with Crippen LogP contribution in [0.1, 0.15) is 30.9 Å². The van der Waals surface area contributed by atoms with Crippen molar-refractivity contribution in [3.8, 4) is 0 Å². The first kappa shape index (κ1) is 16.1. The highest BCUT2D eigenvalue weighted by atomic mass is 19.4. The lowest BCUT2D eigenvalue weighted by Crippen LogP contribution is -2.42. The fourth-order valence-electron chi connectivity index (χ4n) is 2.88. The van der Waals surface area contributed by atoms with Gasteiger partial charge in [0.25, 0.3) is 0 Å². The summed E-state index contributed by atoms with van der Waals surface area (Å²) >= 11 is 0. The van der Waals surface area contributed by atoms with Gasteiger partial charge in [0.15, 0.2) is 0 Å². The predicted octanol–water partition coefficient (Wildman–Crippen LogP) is 3.06. The van der Waals surface area contributed by atoms with Gasteiger partial charge in [-0.3, -0.25) is 0 Å². The Kier molecular flexibility index (Phi) is 4.76. The Labute approximate surface area is 123 Å². The molecule has 6 heteroatoms. The topological polar surface area (TPSA) is 42.1 Å². The van der Waals surface area contributed by atoms with Gasteiger partial charge in [-0.05, 0) is 44.2 Å². The number of aromatic nitrogens is 1. The fourth-order valence-corrected chi connectivity index (χ4v) is 2.88. The Morgan fingerprint density at radius 3 is 2.76 bits per heavy atom. The normalized spacial score (nSPS) is 21.4. The van der Waals surface area contributed by atoms with E-state index in [1.165, 1.54) is 0 Å². The van der Waals surface area contributed by atoms with Crippen LogP contribution in [0.5, 0.6) is 0 Å². The van der Waals surface area contributed by atoms with Gasteiger partial charge in [-0.25, -0.2) is 4.98 Å². The number of pyridine rings is 1. The van der Waals surface area contributed by atoms with E-state index >= 15 is 0 Å². The molecule has 0 amide bonds. The zero-order chi connectivity index (χ0) is 15.6. The van der Waals surface area contributed by atoms with Gasteiger partial charge in [0, 0.05) is 25.3 Å². The molecule has 0 spiro atoms. The van der Waals surface area contributed by atoms with Crippen molar-refractivity contribution >= 4 is 5.82 Å².